The van der Waals surface area contributed by atoms with E-state index in [1.165, 1.54) is 0 Å². The molecule has 78 valence electrons. The topological polar surface area (TPSA) is 63.5 Å². The molecule has 0 saturated carbocycles. The van der Waals surface area contributed by atoms with E-state index in [2.05, 4.69) is 16.6 Å². The van der Waals surface area contributed by atoms with Gasteiger partial charge in [-0.3, -0.25) is 0 Å². The first-order chi connectivity index (χ1) is 7.27. The van der Waals surface area contributed by atoms with Gasteiger partial charge in [0, 0.05) is 29.2 Å². The van der Waals surface area contributed by atoms with Crippen LogP contribution in [0.5, 0.6) is 0 Å². The Hall–Kier alpha value is -1.97. The maximum atomic E-state index is 8.68. The highest BCUT2D eigenvalue weighted by Gasteiger charge is 2.09. The summed E-state index contributed by atoms with van der Waals surface area (Å²) in [6.45, 7) is 2.92. The summed E-state index contributed by atoms with van der Waals surface area (Å²) in [4.78, 5) is 0. The van der Waals surface area contributed by atoms with E-state index in [-0.39, 0.29) is 5.84 Å². The third-order valence-corrected chi connectivity index (χ3v) is 2.51. The van der Waals surface area contributed by atoms with Gasteiger partial charge < -0.3 is 15.5 Å². The van der Waals surface area contributed by atoms with E-state index in [4.69, 9.17) is 10.9 Å². The lowest BCUT2D eigenvalue weighted by molar-refractivity contribution is 0.318. The lowest BCUT2D eigenvalue weighted by Gasteiger charge is -1.97. The molecule has 2 rings (SSSR count). The summed E-state index contributed by atoms with van der Waals surface area (Å²) in [7, 11) is 0. The Labute approximate surface area is 87.6 Å². The Morgan fingerprint density at radius 3 is 2.87 bits per heavy atom. The number of amidine groups is 1. The number of nitrogens with zero attached hydrogens (tertiary/aromatic N) is 2. The number of aryl methyl sites for hydroxylation is 1. The summed E-state index contributed by atoms with van der Waals surface area (Å²) in [6, 6.07) is 7.91. The van der Waals surface area contributed by atoms with Gasteiger partial charge in [-0.1, -0.05) is 23.4 Å². The molecule has 2 aromatic rings. The van der Waals surface area contributed by atoms with Gasteiger partial charge in [0.1, 0.15) is 0 Å². The summed E-state index contributed by atoms with van der Waals surface area (Å²) in [6.07, 6.45) is 1.90. The fourth-order valence-electron chi connectivity index (χ4n) is 1.77. The van der Waals surface area contributed by atoms with E-state index in [0.29, 0.717) is 0 Å². The molecule has 0 atom stereocenters. The van der Waals surface area contributed by atoms with Crippen molar-refractivity contribution in [3.8, 4) is 0 Å². The number of nitrogens with two attached hydrogens (primary N) is 1. The van der Waals surface area contributed by atoms with Crippen LogP contribution < -0.4 is 5.73 Å². The Morgan fingerprint density at radius 1 is 1.47 bits per heavy atom. The Balaban J connectivity index is 2.76. The largest absolute Gasteiger partial charge is 0.409 e. The van der Waals surface area contributed by atoms with E-state index in [9.17, 15) is 0 Å². The van der Waals surface area contributed by atoms with Crippen LogP contribution in [0, 0.1) is 0 Å². The molecule has 4 nitrogen and oxygen atoms in total. The molecular formula is C11H13N3O. The molecule has 0 unspecified atom stereocenters. The predicted octanol–water partition coefficient (Wildman–Crippen LogP) is 1.76. The van der Waals surface area contributed by atoms with Crippen molar-refractivity contribution in [1.29, 1.82) is 0 Å². The standard InChI is InChI=1S/C11H13N3O/c1-2-14-7-9(11(12)13-15)8-5-3-4-6-10(8)14/h3-7,15H,2H2,1H3,(H2,12,13). The number of oxime groups is 1. The van der Waals surface area contributed by atoms with E-state index in [0.717, 1.165) is 23.0 Å². The zero-order chi connectivity index (χ0) is 10.8. The van der Waals surface area contributed by atoms with Gasteiger partial charge in [0.25, 0.3) is 0 Å². The molecule has 0 spiro atoms. The minimum atomic E-state index is 0.151. The summed E-state index contributed by atoms with van der Waals surface area (Å²) in [5, 5.41) is 12.7. The lowest BCUT2D eigenvalue weighted by Crippen LogP contribution is -2.12. The molecule has 4 heteroatoms. The number of benzene rings is 1. The van der Waals surface area contributed by atoms with Crippen LogP contribution in [0.1, 0.15) is 12.5 Å². The molecule has 0 bridgehead atoms. The number of rotatable bonds is 2. The minimum Gasteiger partial charge on any atom is -0.409 e. The van der Waals surface area contributed by atoms with Gasteiger partial charge in [-0.2, -0.15) is 0 Å². The summed E-state index contributed by atoms with van der Waals surface area (Å²) < 4.78 is 2.07. The number of para-hydroxylation sites is 1. The highest BCUT2D eigenvalue weighted by atomic mass is 16.4. The molecule has 0 amide bonds. The fourth-order valence-corrected chi connectivity index (χ4v) is 1.77. The summed E-state index contributed by atoms with van der Waals surface area (Å²) in [5.41, 5.74) is 7.49. The van der Waals surface area contributed by atoms with Crippen molar-refractivity contribution in [2.75, 3.05) is 0 Å². The number of fused-ring (bicyclic) bond motifs is 1. The van der Waals surface area contributed by atoms with Crippen LogP contribution in [-0.2, 0) is 6.54 Å². The van der Waals surface area contributed by atoms with Crippen LogP contribution in [0.25, 0.3) is 10.9 Å². The summed E-state index contributed by atoms with van der Waals surface area (Å²) >= 11 is 0. The lowest BCUT2D eigenvalue weighted by atomic mass is 10.1. The van der Waals surface area contributed by atoms with Crippen LogP contribution in [0.3, 0.4) is 0 Å². The average Bonchev–Trinajstić information content (AvgIpc) is 2.67. The van der Waals surface area contributed by atoms with Gasteiger partial charge in [0.15, 0.2) is 5.84 Å². The van der Waals surface area contributed by atoms with Gasteiger partial charge in [0.2, 0.25) is 0 Å². The zero-order valence-corrected chi connectivity index (χ0v) is 8.51. The molecule has 0 radical (unpaired) electrons. The Morgan fingerprint density at radius 2 is 2.20 bits per heavy atom. The van der Waals surface area contributed by atoms with E-state index >= 15 is 0 Å². The van der Waals surface area contributed by atoms with Crippen molar-refractivity contribution >= 4 is 16.7 Å². The first-order valence-corrected chi connectivity index (χ1v) is 4.83. The number of hydrogen-bond donors (Lipinski definition) is 2. The van der Waals surface area contributed by atoms with Gasteiger partial charge in [-0.05, 0) is 13.0 Å². The quantitative estimate of drug-likeness (QED) is 0.338. The van der Waals surface area contributed by atoms with Gasteiger partial charge in [-0.15, -0.1) is 0 Å². The molecule has 1 heterocycles. The normalized spacial score (nSPS) is 12.2. The van der Waals surface area contributed by atoms with Crippen LogP contribution in [-0.4, -0.2) is 15.6 Å². The maximum Gasteiger partial charge on any atom is 0.172 e. The second kappa shape index (κ2) is 3.65. The second-order valence-electron chi connectivity index (χ2n) is 3.33. The molecule has 1 aromatic heterocycles. The smallest absolute Gasteiger partial charge is 0.172 e. The SMILES string of the molecule is CCn1cc(/C(N)=N\O)c2ccccc21. The molecule has 3 N–H and O–H groups in total. The molecule has 0 aliphatic carbocycles. The van der Waals surface area contributed by atoms with E-state index in [1.54, 1.807) is 0 Å². The third-order valence-electron chi connectivity index (χ3n) is 2.51. The molecule has 0 aliphatic rings. The van der Waals surface area contributed by atoms with Crippen LogP contribution in [0.4, 0.5) is 0 Å². The second-order valence-corrected chi connectivity index (χ2v) is 3.33. The average molecular weight is 203 g/mol. The first-order valence-electron chi connectivity index (χ1n) is 4.83. The fraction of sp³-hybridized carbons (Fsp3) is 0.182. The van der Waals surface area contributed by atoms with E-state index < -0.39 is 0 Å². The van der Waals surface area contributed by atoms with Gasteiger partial charge in [-0.25, -0.2) is 0 Å². The highest BCUT2D eigenvalue weighted by molar-refractivity contribution is 6.08. The molecule has 0 saturated heterocycles. The van der Waals surface area contributed by atoms with E-state index in [1.807, 2.05) is 30.5 Å². The minimum absolute atomic E-state index is 0.151. The van der Waals surface area contributed by atoms with Gasteiger partial charge in [0.05, 0.1) is 0 Å². The van der Waals surface area contributed by atoms with Crippen LogP contribution >= 0.6 is 0 Å². The van der Waals surface area contributed by atoms with Crippen molar-refractivity contribution in [1.82, 2.24) is 4.57 Å². The zero-order valence-electron chi connectivity index (χ0n) is 8.51. The highest BCUT2D eigenvalue weighted by Crippen LogP contribution is 2.20. The maximum absolute atomic E-state index is 8.68. The molecule has 15 heavy (non-hydrogen) atoms. The van der Waals surface area contributed by atoms with Crippen LogP contribution in [0.15, 0.2) is 35.6 Å². The third kappa shape index (κ3) is 1.44. The molecule has 0 fully saturated rings. The van der Waals surface area contributed by atoms with Crippen molar-refractivity contribution < 1.29 is 5.21 Å². The van der Waals surface area contributed by atoms with Crippen molar-refractivity contribution in [2.24, 2.45) is 10.9 Å². The molecule has 1 aromatic carbocycles. The van der Waals surface area contributed by atoms with Crippen molar-refractivity contribution in [3.05, 3.63) is 36.0 Å². The van der Waals surface area contributed by atoms with Gasteiger partial charge >= 0.3 is 0 Å². The van der Waals surface area contributed by atoms with Crippen LogP contribution in [0.2, 0.25) is 0 Å². The summed E-state index contributed by atoms with van der Waals surface area (Å²) in [5.74, 6) is 0.151. The van der Waals surface area contributed by atoms with Crippen molar-refractivity contribution in [2.45, 2.75) is 13.5 Å². The molecule has 0 aliphatic heterocycles. The molecular weight excluding hydrogens is 190 g/mol. The first kappa shape index (κ1) is 9.58. The number of aromatic nitrogens is 1. The van der Waals surface area contributed by atoms with Crippen molar-refractivity contribution in [3.63, 3.8) is 0 Å². The monoisotopic (exact) mass is 203 g/mol. The predicted molar refractivity (Wildman–Crippen MR) is 60.1 cm³/mol. The Bertz CT molecular complexity index is 514. The Kier molecular flexibility index (Phi) is 2.33. The number of hydrogen-bond acceptors (Lipinski definition) is 2.